The third-order valence-corrected chi connectivity index (χ3v) is 34.0. The van der Waals surface area contributed by atoms with E-state index in [-0.39, 0.29) is 12.2 Å². The molecule has 8 heteroatoms. The molecule has 0 heterocycles. The van der Waals surface area contributed by atoms with Crippen molar-refractivity contribution in [3.8, 4) is 0 Å². The second kappa shape index (κ2) is 35.8. The molecule has 0 aliphatic carbocycles. The van der Waals surface area contributed by atoms with Gasteiger partial charge in [-0.1, -0.05) is 32.9 Å². The fourth-order valence-electron chi connectivity index (χ4n) is 7.09. The van der Waals surface area contributed by atoms with E-state index in [2.05, 4.69) is 286 Å². The molecule has 0 spiro atoms. The number of carbonyl (C=O) groups excluding carboxylic acids is 2. The first-order chi connectivity index (χ1) is 35.7. The van der Waals surface area contributed by atoms with Gasteiger partial charge in [0.2, 0.25) is 0 Å². The zero-order valence-corrected chi connectivity index (χ0v) is 50.2. The van der Waals surface area contributed by atoms with Crippen molar-refractivity contribution in [1.29, 1.82) is 0 Å². The van der Waals surface area contributed by atoms with Crippen molar-refractivity contribution in [3.63, 3.8) is 0 Å². The van der Waals surface area contributed by atoms with Crippen LogP contribution in [0.4, 0.5) is 0 Å². The quantitative estimate of drug-likeness (QED) is 0.120. The number of rotatable bonds is 13. The van der Waals surface area contributed by atoms with Crippen LogP contribution in [0.25, 0.3) is 0 Å². The van der Waals surface area contributed by atoms with Gasteiger partial charge in [0.15, 0.2) is 0 Å². The van der Waals surface area contributed by atoms with Crippen molar-refractivity contribution in [1.82, 2.24) is 0 Å². The van der Waals surface area contributed by atoms with Crippen LogP contribution in [0.5, 0.6) is 0 Å². The van der Waals surface area contributed by atoms with Crippen LogP contribution in [0.1, 0.15) is 26.7 Å². The average Bonchev–Trinajstić information content (AvgIpc) is 3.45. The summed E-state index contributed by atoms with van der Waals surface area (Å²) < 4.78 is 13.8. The zero-order valence-electron chi connectivity index (χ0n) is 41.6. The molecule has 0 radical (unpaired) electrons. The predicted octanol–water partition coefficient (Wildman–Crippen LogP) is 4.99. The van der Waals surface area contributed by atoms with Gasteiger partial charge in [-0.15, -0.1) is 6.61 Å². The molecular weight excluding hydrogens is 1220 g/mol. The van der Waals surface area contributed by atoms with Gasteiger partial charge >= 0.3 is 364 Å². The van der Waals surface area contributed by atoms with Crippen LogP contribution in [0.15, 0.2) is 298 Å². The molecule has 0 bridgehead atoms. The minimum atomic E-state index is -1.98. The molecule has 0 saturated heterocycles. The molecule has 0 amide bonds. The summed E-state index contributed by atoms with van der Waals surface area (Å²) in [7, 11) is 0. The summed E-state index contributed by atoms with van der Waals surface area (Å²) in [6.45, 7) is 9.48. The van der Waals surface area contributed by atoms with Crippen molar-refractivity contribution in [2.75, 3.05) is 6.61 Å². The van der Waals surface area contributed by atoms with Crippen LogP contribution < -0.4 is 47.5 Å². The Bertz CT molecular complexity index is 2280. The maximum absolute atomic E-state index is 9.53. The Hall–Kier alpha value is -6.24. The van der Waals surface area contributed by atoms with E-state index in [4.69, 9.17) is 9.90 Å². The van der Waals surface area contributed by atoms with E-state index in [0.717, 1.165) is 18.9 Å². The van der Waals surface area contributed by atoms with Crippen molar-refractivity contribution in [2.24, 2.45) is 0 Å². The summed E-state index contributed by atoms with van der Waals surface area (Å²) in [5.74, 6) is -2.42. The first-order valence-corrected chi connectivity index (χ1v) is 36.9. The van der Waals surface area contributed by atoms with Crippen molar-refractivity contribution < 1.29 is 24.9 Å². The summed E-state index contributed by atoms with van der Waals surface area (Å²) in [5, 5.41) is 28.2. The Balaban J connectivity index is 0.000000207. The molecule has 0 aromatic heterocycles. The Morgan fingerprint density at radius 2 is 0.521 bits per heavy atom. The molecule has 9 aromatic rings. The SMILES string of the molecule is C=C(C)C(=O)[O-].C=CC(=O)[O-].CCCC[O-].c1cc[c]([Sn+]([c]2ccccc2)[c]2ccccc2)cc1.c1cc[c]([Sn+]([c]2ccccc2)[c]2ccccc2)cc1.c1cc[c]([Sn+]([c]2ccccc2)[c]2ccccc2)cc1. The van der Waals surface area contributed by atoms with E-state index < -0.39 is 71.2 Å². The average molecular weight is 1280 g/mol. The van der Waals surface area contributed by atoms with Crippen LogP contribution in [0.3, 0.4) is 0 Å². The molecule has 0 fully saturated rings. The Morgan fingerprint density at radius 1 is 0.384 bits per heavy atom. The first kappa shape index (κ1) is 59.3. The van der Waals surface area contributed by atoms with Crippen LogP contribution in [0.2, 0.25) is 0 Å². The Morgan fingerprint density at radius 3 is 0.589 bits per heavy atom. The van der Waals surface area contributed by atoms with Gasteiger partial charge in [-0.2, -0.15) is 0 Å². The van der Waals surface area contributed by atoms with Crippen LogP contribution in [0, 0.1) is 0 Å². The normalized spacial score (nSPS) is 9.52. The summed E-state index contributed by atoms with van der Waals surface area (Å²) in [5.41, 5.74) is 0.0648. The van der Waals surface area contributed by atoms with Crippen molar-refractivity contribution >= 4 is 103 Å². The topological polar surface area (TPSA) is 103 Å². The van der Waals surface area contributed by atoms with Gasteiger partial charge in [-0.05, 0) is 18.6 Å². The summed E-state index contributed by atoms with van der Waals surface area (Å²) >= 11 is -5.94. The molecule has 0 unspecified atom stereocenters. The predicted molar refractivity (Wildman–Crippen MR) is 307 cm³/mol. The third-order valence-electron chi connectivity index (χ3n) is 10.6. The van der Waals surface area contributed by atoms with Gasteiger partial charge in [-0.25, -0.2) is 0 Å². The van der Waals surface area contributed by atoms with Crippen LogP contribution >= 0.6 is 0 Å². The number of benzene rings is 9. The van der Waals surface area contributed by atoms with E-state index in [0.29, 0.717) is 0 Å². The molecule has 0 aliphatic heterocycles. The fraction of sp³-hybridized carbons (Fsp3) is 0.0769. The van der Waals surface area contributed by atoms with Crippen molar-refractivity contribution in [3.05, 3.63) is 298 Å². The number of carbonyl (C=O) groups is 2. The molecule has 0 saturated carbocycles. The molecule has 364 valence electrons. The van der Waals surface area contributed by atoms with Gasteiger partial charge in [-0.3, -0.25) is 0 Å². The number of carboxylic acid groups (broad SMARTS) is 2. The molecule has 5 nitrogen and oxygen atoms in total. The molecule has 0 atom stereocenters. The van der Waals surface area contributed by atoms with Crippen molar-refractivity contribution in [2.45, 2.75) is 26.7 Å². The van der Waals surface area contributed by atoms with Gasteiger partial charge in [0.05, 0.1) is 11.9 Å². The monoisotopic (exact) mass is 1280 g/mol. The summed E-state index contributed by atoms with van der Waals surface area (Å²) in [4.78, 5) is 18.6. The zero-order chi connectivity index (χ0) is 52.3. The van der Waals surface area contributed by atoms with Gasteiger partial charge in [0, 0.05) is 0 Å². The van der Waals surface area contributed by atoms with E-state index in [1.165, 1.54) is 39.1 Å². The van der Waals surface area contributed by atoms with E-state index in [9.17, 15) is 15.0 Å². The number of carboxylic acids is 2. The van der Waals surface area contributed by atoms with Crippen LogP contribution in [-0.2, 0) is 9.59 Å². The molecule has 0 aliphatic rings. The molecule has 9 rings (SSSR count). The summed E-state index contributed by atoms with van der Waals surface area (Å²) in [6.07, 6.45) is 2.59. The van der Waals surface area contributed by atoms with Gasteiger partial charge in [0.1, 0.15) is 0 Å². The second-order valence-corrected chi connectivity index (χ2v) is 37.3. The number of hydrogen-bond donors (Lipinski definition) is 0. The maximum atomic E-state index is 9.53. The first-order valence-electron chi connectivity index (χ1n) is 24.1. The third kappa shape index (κ3) is 22.2. The number of unbranched alkanes of at least 4 members (excludes halogenated alkanes) is 1. The molecule has 73 heavy (non-hydrogen) atoms. The second-order valence-electron chi connectivity index (χ2n) is 16.1. The Kier molecular flexibility index (Phi) is 29.1. The van der Waals surface area contributed by atoms with E-state index in [1.807, 2.05) is 6.92 Å². The van der Waals surface area contributed by atoms with Gasteiger partial charge in [0.25, 0.3) is 0 Å². The standard InChI is InChI=1S/9C6H5.C4H6O2.C4H9O.C3H4O2.3Sn/c9*1-2-4-6-5-3-1;1-3(2)4(5)6;1-2-3-4-5;1-2-3(4)5;;;/h9*1-5H;1H2,2H3,(H,5,6);2-4H2,1H3;2H,1H2,(H,4,5);;;/q;;;;;;;;;;-1;;3*+1/p-2. The number of aliphatic carboxylic acids is 2. The molecule has 0 N–H and O–H groups in total. The van der Waals surface area contributed by atoms with Gasteiger partial charge < -0.3 is 24.9 Å². The van der Waals surface area contributed by atoms with E-state index in [1.54, 1.807) is 0 Å². The molecule has 9 aromatic carbocycles. The summed E-state index contributed by atoms with van der Waals surface area (Å²) in [6, 6.07) is 98.8. The van der Waals surface area contributed by atoms with E-state index >= 15 is 0 Å². The minimum absolute atomic E-state index is 0.0648. The molecular formula is C65H62O5Sn3. The Labute approximate surface area is 455 Å². The number of hydrogen-bond acceptors (Lipinski definition) is 5. The van der Waals surface area contributed by atoms with Crippen LogP contribution in [-0.4, -0.2) is 77.8 Å². The fourth-order valence-corrected chi connectivity index (χ4v) is 29.2.